The first-order valence-corrected chi connectivity index (χ1v) is 15.4. The second-order valence-corrected chi connectivity index (χ2v) is 13.4. The lowest BCUT2D eigenvalue weighted by Gasteiger charge is -2.28. The summed E-state index contributed by atoms with van der Waals surface area (Å²) in [6.07, 6.45) is 0. The van der Waals surface area contributed by atoms with Gasteiger partial charge in [-0.05, 0) is 30.7 Å². The lowest BCUT2D eigenvalue weighted by molar-refractivity contribution is -0.870. The minimum Gasteiger partial charge on any atom is -0.377 e. The summed E-state index contributed by atoms with van der Waals surface area (Å²) >= 11 is 1.13. The molecule has 1 heterocycles. The van der Waals surface area contributed by atoms with E-state index in [1.165, 1.54) is 6.92 Å². The van der Waals surface area contributed by atoms with Crippen LogP contribution in [0.5, 0.6) is 0 Å². The molecule has 240 valence electrons. The Labute approximate surface area is 266 Å². The van der Waals surface area contributed by atoms with E-state index >= 15 is 0 Å². The number of carbonyl (C=O) groups excluding carboxylic acids is 1. The SMILES string of the molecule is [C-]#[N+]c1c(N=Nc2ccc(N(CCOCCOCC[N+](C)(C)C)CCOCC[N+](C)(C)C)c(NC(C)=O)c2)sc(C#N)c1C. The van der Waals surface area contributed by atoms with E-state index in [4.69, 9.17) is 20.8 Å². The van der Waals surface area contributed by atoms with E-state index in [1.54, 1.807) is 19.1 Å². The molecular formula is C31H48N8O4S+2. The van der Waals surface area contributed by atoms with Gasteiger partial charge in [-0.15, -0.1) is 11.3 Å². The van der Waals surface area contributed by atoms with Gasteiger partial charge in [-0.2, -0.15) is 15.5 Å². The Kier molecular flexibility index (Phi) is 14.8. The van der Waals surface area contributed by atoms with E-state index in [0.29, 0.717) is 85.2 Å². The number of azo groups is 1. The van der Waals surface area contributed by atoms with E-state index in [1.807, 2.05) is 6.07 Å². The summed E-state index contributed by atoms with van der Waals surface area (Å²) in [6, 6.07) is 7.54. The normalized spacial score (nSPS) is 11.9. The molecule has 0 radical (unpaired) electrons. The maximum atomic E-state index is 12.2. The van der Waals surface area contributed by atoms with E-state index < -0.39 is 0 Å². The van der Waals surface area contributed by atoms with Crippen molar-refractivity contribution in [2.75, 3.05) is 118 Å². The Morgan fingerprint density at radius 1 is 0.977 bits per heavy atom. The van der Waals surface area contributed by atoms with Crippen molar-refractivity contribution in [3.8, 4) is 6.07 Å². The fourth-order valence-electron chi connectivity index (χ4n) is 3.85. The Morgan fingerprint density at radius 2 is 1.55 bits per heavy atom. The van der Waals surface area contributed by atoms with Gasteiger partial charge in [-0.3, -0.25) is 4.79 Å². The lowest BCUT2D eigenvalue weighted by Crippen LogP contribution is -2.38. The molecule has 0 spiro atoms. The van der Waals surface area contributed by atoms with Crippen LogP contribution in [0.25, 0.3) is 4.85 Å². The third kappa shape index (κ3) is 13.5. The fraction of sp³-hybridized carbons (Fsp3) is 0.581. The molecule has 0 fully saturated rings. The first-order chi connectivity index (χ1) is 20.7. The van der Waals surface area contributed by atoms with Gasteiger partial charge < -0.3 is 33.4 Å². The average Bonchev–Trinajstić information content (AvgIpc) is 3.24. The maximum absolute atomic E-state index is 12.2. The van der Waals surface area contributed by atoms with Crippen LogP contribution in [0.1, 0.15) is 17.4 Å². The summed E-state index contributed by atoms with van der Waals surface area (Å²) in [5, 5.41) is 21.2. The molecule has 44 heavy (non-hydrogen) atoms. The topological polar surface area (TPSA) is 113 Å². The van der Waals surface area contributed by atoms with Crippen LogP contribution < -0.4 is 10.2 Å². The minimum absolute atomic E-state index is 0.218. The zero-order valence-electron chi connectivity index (χ0n) is 27.5. The smallest absolute Gasteiger partial charge is 0.229 e. The van der Waals surface area contributed by atoms with Crippen LogP contribution in [0.4, 0.5) is 27.8 Å². The number of hydrogen-bond acceptors (Lipinski definition) is 9. The first-order valence-electron chi connectivity index (χ1n) is 14.6. The molecule has 1 aromatic heterocycles. The summed E-state index contributed by atoms with van der Waals surface area (Å²) in [7, 11) is 12.8. The number of ether oxygens (including phenoxy) is 3. The molecule has 0 saturated heterocycles. The van der Waals surface area contributed by atoms with Crippen molar-refractivity contribution in [1.29, 1.82) is 5.26 Å². The van der Waals surface area contributed by atoms with Gasteiger partial charge in [0.1, 0.15) is 24.2 Å². The molecule has 2 rings (SSSR count). The van der Waals surface area contributed by atoms with Gasteiger partial charge in [-0.1, -0.05) is 0 Å². The Balaban J connectivity index is 2.18. The molecule has 0 bridgehead atoms. The molecule has 2 aromatic rings. The number of amides is 1. The summed E-state index contributed by atoms with van der Waals surface area (Å²) in [4.78, 5) is 18.2. The third-order valence-electron chi connectivity index (χ3n) is 6.39. The highest BCUT2D eigenvalue weighted by molar-refractivity contribution is 7.17. The van der Waals surface area contributed by atoms with Gasteiger partial charge in [0.25, 0.3) is 0 Å². The predicted molar refractivity (Wildman–Crippen MR) is 175 cm³/mol. The molecule has 0 unspecified atom stereocenters. The molecule has 0 aliphatic heterocycles. The second-order valence-electron chi connectivity index (χ2n) is 12.4. The van der Waals surface area contributed by atoms with Crippen molar-refractivity contribution in [2.45, 2.75) is 13.8 Å². The van der Waals surface area contributed by atoms with E-state index in [0.717, 1.165) is 39.1 Å². The van der Waals surface area contributed by atoms with Gasteiger partial charge in [0.05, 0.1) is 110 Å². The number of nitriles is 1. The highest BCUT2D eigenvalue weighted by atomic mass is 32.1. The Morgan fingerprint density at radius 3 is 2.07 bits per heavy atom. The predicted octanol–water partition coefficient (Wildman–Crippen LogP) is 5.12. The summed E-state index contributed by atoms with van der Waals surface area (Å²) in [5.74, 6) is -0.218. The van der Waals surface area contributed by atoms with Crippen molar-refractivity contribution in [3.05, 3.63) is 40.1 Å². The van der Waals surface area contributed by atoms with Gasteiger partial charge in [-0.25, -0.2) is 4.85 Å². The number of nitrogens with zero attached hydrogens (tertiary/aromatic N) is 7. The van der Waals surface area contributed by atoms with Gasteiger partial charge in [0.15, 0.2) is 0 Å². The number of nitrogens with one attached hydrogen (secondary N) is 1. The van der Waals surface area contributed by atoms with Crippen LogP contribution in [0.15, 0.2) is 28.4 Å². The molecule has 1 aromatic carbocycles. The van der Waals surface area contributed by atoms with Crippen LogP contribution in [0.3, 0.4) is 0 Å². The summed E-state index contributed by atoms with van der Waals surface area (Å²) in [6.45, 7) is 17.0. The van der Waals surface area contributed by atoms with Gasteiger partial charge in [0.2, 0.25) is 11.6 Å². The number of benzene rings is 1. The number of rotatable bonds is 19. The van der Waals surface area contributed by atoms with Crippen LogP contribution >= 0.6 is 11.3 Å². The zero-order valence-corrected chi connectivity index (χ0v) is 28.3. The number of likely N-dealkylation sites (N-methyl/N-ethyl adjacent to an activating group) is 2. The largest absolute Gasteiger partial charge is 0.377 e. The zero-order chi connectivity index (χ0) is 32.8. The average molecular weight is 629 g/mol. The van der Waals surface area contributed by atoms with Crippen LogP contribution in [0.2, 0.25) is 0 Å². The minimum atomic E-state index is -0.218. The van der Waals surface area contributed by atoms with Crippen LogP contribution in [-0.4, -0.2) is 123 Å². The number of hydrogen-bond donors (Lipinski definition) is 1. The van der Waals surface area contributed by atoms with Gasteiger partial charge in [0, 0.05) is 20.0 Å². The number of thiophene rings is 1. The monoisotopic (exact) mass is 628 g/mol. The van der Waals surface area contributed by atoms with Gasteiger partial charge >= 0.3 is 0 Å². The lowest BCUT2D eigenvalue weighted by atomic mass is 10.2. The highest BCUT2D eigenvalue weighted by Gasteiger charge is 2.17. The van der Waals surface area contributed by atoms with Crippen molar-refractivity contribution < 1.29 is 28.0 Å². The quantitative estimate of drug-likeness (QED) is 0.100. The highest BCUT2D eigenvalue weighted by Crippen LogP contribution is 2.42. The first kappa shape index (κ1) is 36.8. The second kappa shape index (κ2) is 17.8. The number of anilines is 2. The van der Waals surface area contributed by atoms with Crippen molar-refractivity contribution >= 4 is 45.0 Å². The maximum Gasteiger partial charge on any atom is 0.229 e. The van der Waals surface area contributed by atoms with Crippen LogP contribution in [0, 0.1) is 24.8 Å². The molecular weight excluding hydrogens is 580 g/mol. The number of carbonyl (C=O) groups is 1. The van der Waals surface area contributed by atoms with E-state index in [-0.39, 0.29) is 5.91 Å². The van der Waals surface area contributed by atoms with Crippen molar-refractivity contribution in [2.24, 2.45) is 10.2 Å². The van der Waals surface area contributed by atoms with Crippen molar-refractivity contribution in [1.82, 2.24) is 0 Å². The molecule has 13 heteroatoms. The molecule has 0 saturated carbocycles. The summed E-state index contributed by atoms with van der Waals surface area (Å²) < 4.78 is 19.2. The standard InChI is InChI=1S/C31H47N8O4S/c1-24-29(23-32)44-31(30(24)33-3)36-35-26-10-11-28(27(22-26)34-25(2)40)37(12-16-41-18-14-38(4,5)6)13-17-42-20-21-43-19-15-39(7,8)9/h10-11,22H,12-21H2,1-2,4-9H3/q+1/p+1. The number of quaternary nitrogens is 2. The molecule has 0 atom stereocenters. The fourth-order valence-corrected chi connectivity index (χ4v) is 4.72. The molecule has 0 aliphatic rings. The Hall–Kier alpha value is -3.43. The summed E-state index contributed by atoms with van der Waals surface area (Å²) in [5.41, 5.74) is 2.81. The molecule has 1 N–H and O–H groups in total. The van der Waals surface area contributed by atoms with E-state index in [2.05, 4.69) is 73.6 Å². The van der Waals surface area contributed by atoms with Crippen molar-refractivity contribution in [3.63, 3.8) is 0 Å². The molecule has 0 aliphatic carbocycles. The van der Waals surface area contributed by atoms with E-state index in [9.17, 15) is 10.1 Å². The third-order valence-corrected chi connectivity index (χ3v) is 7.46. The molecule has 12 nitrogen and oxygen atoms in total. The molecule has 1 amide bonds. The Bertz CT molecular complexity index is 1330. The van der Waals surface area contributed by atoms with Crippen LogP contribution in [-0.2, 0) is 19.0 Å².